The van der Waals surface area contributed by atoms with E-state index in [1.165, 1.54) is 16.5 Å². The lowest BCUT2D eigenvalue weighted by atomic mass is 10.0. The van der Waals surface area contributed by atoms with Gasteiger partial charge in [0, 0.05) is 41.6 Å². The summed E-state index contributed by atoms with van der Waals surface area (Å²) in [6.07, 6.45) is 8.28. The molecule has 5 nitrogen and oxygen atoms in total. The standard InChI is InChI=1S/C31H28N2O3/c34-31(35)17-10-24-9-16-30-29(19-24)26(11-8-23-5-2-1-3-6-23)21-33(30)27-12-14-28(15-13-27)36-22-25-7-4-18-32-20-25/h1-7,9,12-16,18-21H,8,10-11,17,22H2,(H,34,35). The maximum Gasteiger partial charge on any atom is 0.303 e. The molecule has 36 heavy (non-hydrogen) atoms. The van der Waals surface area contributed by atoms with Crippen LogP contribution in [0.2, 0.25) is 0 Å². The third-order valence-corrected chi connectivity index (χ3v) is 6.35. The number of hydrogen-bond donors (Lipinski definition) is 1. The Morgan fingerprint density at radius 3 is 2.39 bits per heavy atom. The molecule has 0 radical (unpaired) electrons. The predicted molar refractivity (Wildman–Crippen MR) is 142 cm³/mol. The lowest BCUT2D eigenvalue weighted by molar-refractivity contribution is -0.136. The van der Waals surface area contributed by atoms with Crippen LogP contribution in [-0.2, 0) is 30.7 Å². The third kappa shape index (κ3) is 5.63. The fourth-order valence-electron chi connectivity index (χ4n) is 4.44. The van der Waals surface area contributed by atoms with E-state index in [4.69, 9.17) is 9.84 Å². The van der Waals surface area contributed by atoms with Crippen LogP contribution in [0.15, 0.2) is 104 Å². The molecule has 0 saturated carbocycles. The first kappa shape index (κ1) is 23.4. The number of rotatable bonds is 10. The highest BCUT2D eigenvalue weighted by Gasteiger charge is 2.12. The van der Waals surface area contributed by atoms with Crippen LogP contribution in [0.5, 0.6) is 5.75 Å². The summed E-state index contributed by atoms with van der Waals surface area (Å²) < 4.78 is 8.14. The molecule has 3 aromatic carbocycles. The number of carbonyl (C=O) groups is 1. The highest BCUT2D eigenvalue weighted by molar-refractivity contribution is 5.86. The summed E-state index contributed by atoms with van der Waals surface area (Å²) in [6, 6.07) is 28.8. The van der Waals surface area contributed by atoms with Crippen molar-refractivity contribution in [2.24, 2.45) is 0 Å². The van der Waals surface area contributed by atoms with E-state index < -0.39 is 5.97 Å². The lowest BCUT2D eigenvalue weighted by Crippen LogP contribution is -1.98. The first-order chi connectivity index (χ1) is 17.7. The number of ether oxygens (including phenoxy) is 1. The Hall–Kier alpha value is -4.38. The molecular formula is C31H28N2O3. The summed E-state index contributed by atoms with van der Waals surface area (Å²) >= 11 is 0. The van der Waals surface area contributed by atoms with Crippen LogP contribution in [0.1, 0.15) is 28.7 Å². The van der Waals surface area contributed by atoms with Crippen LogP contribution in [-0.4, -0.2) is 20.6 Å². The monoisotopic (exact) mass is 476 g/mol. The quantitative estimate of drug-likeness (QED) is 0.253. The zero-order valence-corrected chi connectivity index (χ0v) is 20.0. The molecule has 0 bridgehead atoms. The first-order valence-electron chi connectivity index (χ1n) is 12.2. The maximum atomic E-state index is 11.1. The minimum absolute atomic E-state index is 0.131. The van der Waals surface area contributed by atoms with Crippen LogP contribution in [0.4, 0.5) is 0 Å². The van der Waals surface area contributed by atoms with E-state index >= 15 is 0 Å². The minimum Gasteiger partial charge on any atom is -0.489 e. The molecule has 0 saturated heterocycles. The third-order valence-electron chi connectivity index (χ3n) is 6.35. The molecule has 0 fully saturated rings. The molecule has 0 atom stereocenters. The average molecular weight is 477 g/mol. The van der Waals surface area contributed by atoms with E-state index in [0.717, 1.165) is 40.9 Å². The van der Waals surface area contributed by atoms with Gasteiger partial charge in [-0.2, -0.15) is 0 Å². The lowest BCUT2D eigenvalue weighted by Gasteiger charge is -2.09. The molecule has 0 aliphatic carbocycles. The summed E-state index contributed by atoms with van der Waals surface area (Å²) in [5.74, 6) is 0.0297. The largest absolute Gasteiger partial charge is 0.489 e. The maximum absolute atomic E-state index is 11.1. The van der Waals surface area contributed by atoms with Crippen molar-refractivity contribution in [1.29, 1.82) is 0 Å². The average Bonchev–Trinajstić information content (AvgIpc) is 3.29. The van der Waals surface area contributed by atoms with Gasteiger partial charge >= 0.3 is 5.97 Å². The topological polar surface area (TPSA) is 64.3 Å². The van der Waals surface area contributed by atoms with Crippen molar-refractivity contribution < 1.29 is 14.6 Å². The molecule has 2 aromatic heterocycles. The molecule has 5 rings (SSSR count). The van der Waals surface area contributed by atoms with Crippen LogP contribution in [0, 0.1) is 0 Å². The Balaban J connectivity index is 1.41. The van der Waals surface area contributed by atoms with Gasteiger partial charge in [-0.15, -0.1) is 0 Å². The summed E-state index contributed by atoms with van der Waals surface area (Å²) in [4.78, 5) is 15.2. The van der Waals surface area contributed by atoms with E-state index in [0.29, 0.717) is 13.0 Å². The van der Waals surface area contributed by atoms with E-state index in [1.54, 1.807) is 6.20 Å². The Morgan fingerprint density at radius 1 is 0.833 bits per heavy atom. The zero-order valence-electron chi connectivity index (χ0n) is 20.0. The number of benzene rings is 3. The second kappa shape index (κ2) is 10.9. The number of fused-ring (bicyclic) bond motifs is 1. The number of carboxylic acid groups (broad SMARTS) is 1. The summed E-state index contributed by atoms with van der Waals surface area (Å²) in [7, 11) is 0. The smallest absolute Gasteiger partial charge is 0.303 e. The van der Waals surface area contributed by atoms with Gasteiger partial charge in [0.25, 0.3) is 0 Å². The van der Waals surface area contributed by atoms with Gasteiger partial charge < -0.3 is 14.4 Å². The molecule has 0 spiro atoms. The number of aliphatic carboxylic acids is 1. The van der Waals surface area contributed by atoms with Crippen LogP contribution >= 0.6 is 0 Å². The number of aromatic nitrogens is 2. The van der Waals surface area contributed by atoms with Crippen LogP contribution < -0.4 is 4.74 Å². The number of aryl methyl sites for hydroxylation is 3. The molecule has 0 unspecified atom stereocenters. The van der Waals surface area contributed by atoms with Gasteiger partial charge in [-0.25, -0.2) is 0 Å². The molecule has 5 aromatic rings. The van der Waals surface area contributed by atoms with Gasteiger partial charge in [-0.1, -0.05) is 42.5 Å². The van der Waals surface area contributed by atoms with Crippen LogP contribution in [0.3, 0.4) is 0 Å². The molecule has 0 amide bonds. The first-order valence-corrected chi connectivity index (χ1v) is 12.2. The van der Waals surface area contributed by atoms with E-state index in [1.807, 2.05) is 42.6 Å². The van der Waals surface area contributed by atoms with Crippen molar-refractivity contribution in [2.75, 3.05) is 0 Å². The molecular weight excluding hydrogens is 448 g/mol. The van der Waals surface area contributed by atoms with E-state index in [2.05, 4.69) is 64.3 Å². The Bertz CT molecular complexity index is 1440. The summed E-state index contributed by atoms with van der Waals surface area (Å²) in [5, 5.41) is 10.3. The van der Waals surface area contributed by atoms with Gasteiger partial charge in [0.1, 0.15) is 12.4 Å². The molecule has 2 heterocycles. The van der Waals surface area contributed by atoms with Crippen molar-refractivity contribution in [3.63, 3.8) is 0 Å². The highest BCUT2D eigenvalue weighted by atomic mass is 16.5. The van der Waals surface area contributed by atoms with Crippen molar-refractivity contribution in [3.05, 3.63) is 126 Å². The van der Waals surface area contributed by atoms with Crippen molar-refractivity contribution >= 4 is 16.9 Å². The molecule has 5 heteroatoms. The summed E-state index contributed by atoms with van der Waals surface area (Å²) in [5.41, 5.74) is 6.79. The van der Waals surface area contributed by atoms with Gasteiger partial charge in [0.05, 0.1) is 5.52 Å². The van der Waals surface area contributed by atoms with Gasteiger partial charge in [-0.3, -0.25) is 9.78 Å². The van der Waals surface area contributed by atoms with Gasteiger partial charge in [0.15, 0.2) is 0 Å². The molecule has 180 valence electrons. The molecule has 1 N–H and O–H groups in total. The van der Waals surface area contributed by atoms with E-state index in [-0.39, 0.29) is 6.42 Å². The van der Waals surface area contributed by atoms with Crippen molar-refractivity contribution in [3.8, 4) is 11.4 Å². The number of carboxylic acids is 1. The second-order valence-electron chi connectivity index (χ2n) is 8.90. The number of hydrogen-bond acceptors (Lipinski definition) is 3. The number of nitrogens with zero attached hydrogens (tertiary/aromatic N) is 2. The molecule has 0 aliphatic rings. The fourth-order valence-corrected chi connectivity index (χ4v) is 4.44. The Labute approximate surface area is 210 Å². The van der Waals surface area contributed by atoms with E-state index in [9.17, 15) is 4.79 Å². The molecule has 0 aliphatic heterocycles. The van der Waals surface area contributed by atoms with Gasteiger partial charge in [0.2, 0.25) is 0 Å². The Morgan fingerprint density at radius 2 is 1.64 bits per heavy atom. The van der Waals surface area contributed by atoms with Gasteiger partial charge in [-0.05, 0) is 78.4 Å². The predicted octanol–water partition coefficient (Wildman–Crippen LogP) is 6.41. The van der Waals surface area contributed by atoms with Crippen molar-refractivity contribution in [2.45, 2.75) is 32.3 Å². The normalized spacial score (nSPS) is 11.0. The summed E-state index contributed by atoms with van der Waals surface area (Å²) in [6.45, 7) is 0.475. The number of pyridine rings is 1. The highest BCUT2D eigenvalue weighted by Crippen LogP contribution is 2.29. The minimum atomic E-state index is -0.775. The van der Waals surface area contributed by atoms with Crippen LogP contribution in [0.25, 0.3) is 16.6 Å². The second-order valence-corrected chi connectivity index (χ2v) is 8.90. The van der Waals surface area contributed by atoms with Crippen molar-refractivity contribution in [1.82, 2.24) is 9.55 Å². The zero-order chi connectivity index (χ0) is 24.7. The SMILES string of the molecule is O=C(O)CCc1ccc2c(c1)c(CCc1ccccc1)cn2-c1ccc(OCc2cccnc2)cc1. The Kier molecular flexibility index (Phi) is 7.08. The fraction of sp³-hybridized carbons (Fsp3) is 0.161.